The van der Waals surface area contributed by atoms with Crippen molar-refractivity contribution in [1.82, 2.24) is 9.80 Å². The Morgan fingerprint density at radius 2 is 2.31 bits per heavy atom. The second-order valence-electron chi connectivity index (χ2n) is 4.14. The van der Waals surface area contributed by atoms with Crippen LogP contribution in [0.4, 0.5) is 0 Å². The summed E-state index contributed by atoms with van der Waals surface area (Å²) in [5, 5.41) is 0. The van der Waals surface area contributed by atoms with Gasteiger partial charge in [-0.15, -0.1) is 0 Å². The first-order valence-corrected chi connectivity index (χ1v) is 4.98. The minimum absolute atomic E-state index is 0.121. The quantitative estimate of drug-likeness (QED) is 0.586. The summed E-state index contributed by atoms with van der Waals surface area (Å²) in [6.07, 6.45) is 1.25. The third-order valence-corrected chi connectivity index (χ3v) is 2.82. The molecule has 1 aliphatic rings. The van der Waals surface area contributed by atoms with Crippen LogP contribution in [0.1, 0.15) is 6.42 Å². The van der Waals surface area contributed by atoms with Crippen LogP contribution < -0.4 is 11.5 Å². The molecule has 0 saturated carbocycles. The number of nitrogens with zero attached hydrogens (tertiary/aromatic N) is 2. The summed E-state index contributed by atoms with van der Waals surface area (Å²) in [4.78, 5) is 4.69. The van der Waals surface area contributed by atoms with Gasteiger partial charge in [0.2, 0.25) is 0 Å². The van der Waals surface area contributed by atoms with Crippen LogP contribution in [0.5, 0.6) is 0 Å². The zero-order chi connectivity index (χ0) is 9.84. The Balaban J connectivity index is 2.27. The Bertz CT molecular complexity index is 151. The molecular formula is C9H22N4. The van der Waals surface area contributed by atoms with E-state index in [0.717, 1.165) is 13.1 Å². The van der Waals surface area contributed by atoms with E-state index in [1.165, 1.54) is 13.0 Å². The summed E-state index contributed by atoms with van der Waals surface area (Å²) in [6.45, 7) is 3.85. The fourth-order valence-electron chi connectivity index (χ4n) is 1.87. The predicted octanol–water partition coefficient (Wildman–Crippen LogP) is -1.09. The number of rotatable bonds is 4. The van der Waals surface area contributed by atoms with E-state index < -0.39 is 0 Å². The van der Waals surface area contributed by atoms with Crippen LogP contribution in [0.2, 0.25) is 0 Å². The van der Waals surface area contributed by atoms with E-state index in [4.69, 9.17) is 11.5 Å². The molecule has 0 amide bonds. The molecule has 13 heavy (non-hydrogen) atoms. The molecular weight excluding hydrogens is 164 g/mol. The Labute approximate surface area is 80.9 Å². The van der Waals surface area contributed by atoms with Gasteiger partial charge in [-0.25, -0.2) is 0 Å². The molecule has 4 nitrogen and oxygen atoms in total. The lowest BCUT2D eigenvalue weighted by atomic mass is 10.2. The first-order chi connectivity index (χ1) is 6.13. The highest BCUT2D eigenvalue weighted by Crippen LogP contribution is 2.11. The fraction of sp³-hybridized carbons (Fsp3) is 1.00. The molecule has 78 valence electrons. The van der Waals surface area contributed by atoms with E-state index in [0.29, 0.717) is 12.6 Å². The van der Waals surface area contributed by atoms with E-state index >= 15 is 0 Å². The van der Waals surface area contributed by atoms with Gasteiger partial charge in [-0.2, -0.15) is 0 Å². The molecule has 1 rings (SSSR count). The van der Waals surface area contributed by atoms with Gasteiger partial charge in [-0.05, 0) is 27.1 Å². The third-order valence-electron chi connectivity index (χ3n) is 2.82. The first kappa shape index (κ1) is 10.9. The maximum absolute atomic E-state index is 5.80. The molecule has 1 saturated heterocycles. The van der Waals surface area contributed by atoms with E-state index in [1.807, 2.05) is 0 Å². The molecule has 0 aliphatic carbocycles. The summed E-state index contributed by atoms with van der Waals surface area (Å²) in [7, 11) is 4.30. The van der Waals surface area contributed by atoms with Crippen LogP contribution in [-0.4, -0.2) is 62.2 Å². The highest BCUT2D eigenvalue weighted by atomic mass is 15.2. The minimum atomic E-state index is 0.121. The molecule has 1 fully saturated rings. The van der Waals surface area contributed by atoms with Crippen molar-refractivity contribution in [3.8, 4) is 0 Å². The van der Waals surface area contributed by atoms with E-state index in [9.17, 15) is 0 Å². The average molecular weight is 186 g/mol. The number of nitrogens with two attached hydrogens (primary N) is 2. The number of hydrogen-bond donors (Lipinski definition) is 2. The summed E-state index contributed by atoms with van der Waals surface area (Å²) in [6, 6.07) is 0.790. The van der Waals surface area contributed by atoms with Crippen molar-refractivity contribution < 1.29 is 0 Å². The fourth-order valence-corrected chi connectivity index (χ4v) is 1.87. The van der Waals surface area contributed by atoms with Gasteiger partial charge < -0.3 is 21.3 Å². The van der Waals surface area contributed by atoms with Gasteiger partial charge in [-0.3, -0.25) is 0 Å². The molecule has 0 spiro atoms. The van der Waals surface area contributed by atoms with Crippen molar-refractivity contribution in [2.45, 2.75) is 18.5 Å². The van der Waals surface area contributed by atoms with E-state index in [-0.39, 0.29) is 6.04 Å². The van der Waals surface area contributed by atoms with Crippen LogP contribution in [0, 0.1) is 0 Å². The molecule has 0 bridgehead atoms. The predicted molar refractivity (Wildman–Crippen MR) is 55.6 cm³/mol. The summed E-state index contributed by atoms with van der Waals surface area (Å²) >= 11 is 0. The molecule has 0 aromatic heterocycles. The van der Waals surface area contributed by atoms with Gasteiger partial charge in [0.05, 0.1) is 0 Å². The number of hydrogen-bond acceptors (Lipinski definition) is 4. The lowest BCUT2D eigenvalue weighted by molar-refractivity contribution is 0.229. The highest BCUT2D eigenvalue weighted by molar-refractivity contribution is 4.81. The Kier molecular flexibility index (Phi) is 4.12. The van der Waals surface area contributed by atoms with Crippen LogP contribution >= 0.6 is 0 Å². The van der Waals surface area contributed by atoms with Crippen molar-refractivity contribution in [2.24, 2.45) is 11.5 Å². The van der Waals surface area contributed by atoms with Crippen molar-refractivity contribution >= 4 is 0 Å². The number of likely N-dealkylation sites (tertiary alicyclic amines) is 1. The zero-order valence-electron chi connectivity index (χ0n) is 8.74. The highest BCUT2D eigenvalue weighted by Gasteiger charge is 2.23. The molecule has 0 aromatic rings. The number of likely N-dealkylation sites (N-methyl/N-ethyl adjacent to an activating group) is 2. The van der Waals surface area contributed by atoms with Gasteiger partial charge in [0, 0.05) is 31.7 Å². The van der Waals surface area contributed by atoms with Crippen LogP contribution in [0.25, 0.3) is 0 Å². The van der Waals surface area contributed by atoms with Gasteiger partial charge in [0.1, 0.15) is 0 Å². The lowest BCUT2D eigenvalue weighted by Gasteiger charge is -2.26. The standard InChI is InChI=1S/C9H22N4/c1-12-4-3-9(7-12)13(2)6-8(11)5-10/h8-9H,3-7,10-11H2,1-2H3. The first-order valence-electron chi connectivity index (χ1n) is 4.98. The lowest BCUT2D eigenvalue weighted by Crippen LogP contribution is -2.45. The van der Waals surface area contributed by atoms with Crippen molar-refractivity contribution in [1.29, 1.82) is 0 Å². The second-order valence-corrected chi connectivity index (χ2v) is 4.14. The maximum atomic E-state index is 5.80. The zero-order valence-corrected chi connectivity index (χ0v) is 8.74. The minimum Gasteiger partial charge on any atom is -0.329 e. The molecule has 2 unspecified atom stereocenters. The molecule has 2 atom stereocenters. The van der Waals surface area contributed by atoms with Gasteiger partial charge >= 0.3 is 0 Å². The second kappa shape index (κ2) is 4.91. The summed E-state index contributed by atoms with van der Waals surface area (Å²) in [5.41, 5.74) is 11.3. The Hall–Kier alpha value is -0.160. The van der Waals surface area contributed by atoms with E-state index in [2.05, 4.69) is 23.9 Å². The smallest absolute Gasteiger partial charge is 0.0292 e. The largest absolute Gasteiger partial charge is 0.329 e. The average Bonchev–Trinajstić information content (AvgIpc) is 2.51. The monoisotopic (exact) mass is 186 g/mol. The van der Waals surface area contributed by atoms with Crippen LogP contribution in [-0.2, 0) is 0 Å². The van der Waals surface area contributed by atoms with Gasteiger partial charge in [-0.1, -0.05) is 0 Å². The Morgan fingerprint density at radius 3 is 2.77 bits per heavy atom. The van der Waals surface area contributed by atoms with Crippen LogP contribution in [0.15, 0.2) is 0 Å². The molecule has 0 radical (unpaired) electrons. The van der Waals surface area contributed by atoms with Gasteiger partial charge in [0.25, 0.3) is 0 Å². The summed E-state index contributed by atoms with van der Waals surface area (Å²) in [5.74, 6) is 0. The molecule has 1 heterocycles. The summed E-state index contributed by atoms with van der Waals surface area (Å²) < 4.78 is 0. The van der Waals surface area contributed by atoms with Crippen molar-refractivity contribution in [3.63, 3.8) is 0 Å². The van der Waals surface area contributed by atoms with Crippen LogP contribution in [0.3, 0.4) is 0 Å². The van der Waals surface area contributed by atoms with Gasteiger partial charge in [0.15, 0.2) is 0 Å². The molecule has 1 aliphatic heterocycles. The normalized spacial score (nSPS) is 27.0. The van der Waals surface area contributed by atoms with Crippen molar-refractivity contribution in [2.75, 3.05) is 40.3 Å². The molecule has 4 heteroatoms. The van der Waals surface area contributed by atoms with Crippen molar-refractivity contribution in [3.05, 3.63) is 0 Å². The Morgan fingerprint density at radius 1 is 1.62 bits per heavy atom. The maximum Gasteiger partial charge on any atom is 0.0292 e. The molecule has 0 aromatic carbocycles. The van der Waals surface area contributed by atoms with E-state index in [1.54, 1.807) is 0 Å². The SMILES string of the molecule is CN1CCC(N(C)CC(N)CN)C1. The third kappa shape index (κ3) is 3.23. The molecule has 4 N–H and O–H groups in total. The topological polar surface area (TPSA) is 58.5 Å².